The highest BCUT2D eigenvalue weighted by atomic mass is 16.5. The normalized spacial score (nSPS) is 20.5. The summed E-state index contributed by atoms with van der Waals surface area (Å²) < 4.78 is 10.7. The Morgan fingerprint density at radius 1 is 0.806 bits per heavy atom. The first-order valence-electron chi connectivity index (χ1n) is 10.5. The van der Waals surface area contributed by atoms with Crippen molar-refractivity contribution in [1.82, 2.24) is 0 Å². The maximum Gasteiger partial charge on any atom is 0.253 e. The third-order valence-electron chi connectivity index (χ3n) is 5.49. The standard InChI is InChI=1S/C23H26N2O6/c26-18-12-14(5-7-16(18)24-22(28)20-3-1-9-30-20)11-15-6-8-17(19(27)13-15)25-23(29)21-4-2-10-31-21/h5-8,12-13,20-21,26-27H,1-4,9-11H2,(H,24,28)(H,25,29). The zero-order chi connectivity index (χ0) is 21.8. The van der Waals surface area contributed by atoms with Gasteiger partial charge in [-0.25, -0.2) is 0 Å². The minimum absolute atomic E-state index is 0.0338. The van der Waals surface area contributed by atoms with Crippen LogP contribution in [0.25, 0.3) is 0 Å². The molecule has 2 unspecified atom stereocenters. The van der Waals surface area contributed by atoms with Gasteiger partial charge in [0.05, 0.1) is 11.4 Å². The summed E-state index contributed by atoms with van der Waals surface area (Å²) in [5.74, 6) is -0.584. The minimum atomic E-state index is -0.471. The number of hydrogen-bond acceptors (Lipinski definition) is 6. The second-order valence-electron chi connectivity index (χ2n) is 7.86. The van der Waals surface area contributed by atoms with Gasteiger partial charge in [0.1, 0.15) is 23.7 Å². The quantitative estimate of drug-likeness (QED) is 0.528. The first-order chi connectivity index (χ1) is 15.0. The molecular weight excluding hydrogens is 400 g/mol. The highest BCUT2D eigenvalue weighted by Crippen LogP contribution is 2.29. The van der Waals surface area contributed by atoms with Gasteiger partial charge in [-0.3, -0.25) is 9.59 Å². The number of phenolic OH excluding ortho intramolecular Hbond substituents is 2. The molecule has 2 atom stereocenters. The number of carbonyl (C=O) groups is 2. The number of anilines is 2. The fourth-order valence-corrected chi connectivity index (χ4v) is 3.82. The molecule has 2 saturated heterocycles. The van der Waals surface area contributed by atoms with Crippen LogP contribution in [0.3, 0.4) is 0 Å². The lowest BCUT2D eigenvalue weighted by molar-refractivity contribution is -0.125. The van der Waals surface area contributed by atoms with E-state index in [4.69, 9.17) is 9.47 Å². The van der Waals surface area contributed by atoms with Gasteiger partial charge < -0.3 is 30.3 Å². The van der Waals surface area contributed by atoms with Gasteiger partial charge in [-0.15, -0.1) is 0 Å². The lowest BCUT2D eigenvalue weighted by Crippen LogP contribution is -2.26. The monoisotopic (exact) mass is 426 g/mol. The van der Waals surface area contributed by atoms with Crippen molar-refractivity contribution in [3.8, 4) is 11.5 Å². The van der Waals surface area contributed by atoms with Crippen molar-refractivity contribution in [3.05, 3.63) is 47.5 Å². The maximum absolute atomic E-state index is 12.2. The first-order valence-corrected chi connectivity index (χ1v) is 10.5. The molecule has 4 N–H and O–H groups in total. The van der Waals surface area contributed by atoms with Crippen molar-refractivity contribution in [2.24, 2.45) is 0 Å². The predicted octanol–water partition coefficient (Wildman–Crippen LogP) is 2.92. The third-order valence-corrected chi connectivity index (χ3v) is 5.49. The minimum Gasteiger partial charge on any atom is -0.506 e. The number of carbonyl (C=O) groups excluding carboxylic acids is 2. The van der Waals surface area contributed by atoms with E-state index in [1.54, 1.807) is 36.4 Å². The average molecular weight is 426 g/mol. The summed E-state index contributed by atoms with van der Waals surface area (Å²) >= 11 is 0. The SMILES string of the molecule is O=C(Nc1ccc(Cc2ccc(NC(=O)C3CCCO3)c(O)c2)cc1O)C1CCCO1. The summed E-state index contributed by atoms with van der Waals surface area (Å²) in [7, 11) is 0. The summed E-state index contributed by atoms with van der Waals surface area (Å²) in [5.41, 5.74) is 2.28. The Hall–Kier alpha value is -3.10. The molecule has 4 rings (SSSR count). The van der Waals surface area contributed by atoms with Crippen LogP contribution in [-0.2, 0) is 25.5 Å². The van der Waals surface area contributed by atoms with Gasteiger partial charge in [0, 0.05) is 13.2 Å². The van der Waals surface area contributed by atoms with Crippen molar-refractivity contribution in [2.75, 3.05) is 23.8 Å². The number of rotatable bonds is 6. The molecule has 0 radical (unpaired) electrons. The summed E-state index contributed by atoms with van der Waals surface area (Å²) in [6, 6.07) is 10.1. The summed E-state index contributed by atoms with van der Waals surface area (Å²) in [6.45, 7) is 1.15. The van der Waals surface area contributed by atoms with Crippen LogP contribution < -0.4 is 10.6 Å². The Morgan fingerprint density at radius 2 is 1.26 bits per heavy atom. The second-order valence-corrected chi connectivity index (χ2v) is 7.86. The zero-order valence-electron chi connectivity index (χ0n) is 17.1. The molecule has 2 aliphatic rings. The Labute approximate surface area is 180 Å². The number of benzene rings is 2. The van der Waals surface area contributed by atoms with Gasteiger partial charge >= 0.3 is 0 Å². The second kappa shape index (κ2) is 9.36. The van der Waals surface area contributed by atoms with Crippen molar-refractivity contribution < 1.29 is 29.3 Å². The molecule has 2 aliphatic heterocycles. The fraction of sp³-hybridized carbons (Fsp3) is 0.391. The van der Waals surface area contributed by atoms with Crippen molar-refractivity contribution >= 4 is 23.2 Å². The molecule has 0 aromatic heterocycles. The fourth-order valence-electron chi connectivity index (χ4n) is 3.82. The highest BCUT2D eigenvalue weighted by Gasteiger charge is 2.25. The van der Waals surface area contributed by atoms with E-state index in [2.05, 4.69) is 10.6 Å². The number of phenols is 2. The van der Waals surface area contributed by atoms with Gasteiger partial charge in [-0.1, -0.05) is 12.1 Å². The molecule has 0 spiro atoms. The van der Waals surface area contributed by atoms with E-state index < -0.39 is 12.2 Å². The van der Waals surface area contributed by atoms with E-state index in [0.717, 1.165) is 24.0 Å². The molecule has 0 aliphatic carbocycles. The van der Waals surface area contributed by atoms with E-state index in [-0.39, 0.29) is 23.3 Å². The van der Waals surface area contributed by atoms with E-state index in [9.17, 15) is 19.8 Å². The van der Waals surface area contributed by atoms with Gasteiger partial charge in [-0.05, 0) is 67.5 Å². The van der Waals surface area contributed by atoms with Crippen LogP contribution in [-0.4, -0.2) is 47.4 Å². The molecule has 2 aromatic carbocycles. The van der Waals surface area contributed by atoms with Crippen LogP contribution >= 0.6 is 0 Å². The molecule has 31 heavy (non-hydrogen) atoms. The Balaban J connectivity index is 1.38. The van der Waals surface area contributed by atoms with Crippen LogP contribution in [0, 0.1) is 0 Å². The number of nitrogens with one attached hydrogen (secondary N) is 2. The Bertz CT molecular complexity index is 887. The van der Waals surface area contributed by atoms with E-state index >= 15 is 0 Å². The highest BCUT2D eigenvalue weighted by molar-refractivity contribution is 5.96. The number of aromatic hydroxyl groups is 2. The molecule has 0 saturated carbocycles. The molecule has 2 fully saturated rings. The van der Waals surface area contributed by atoms with Crippen LogP contribution in [0.2, 0.25) is 0 Å². The molecule has 164 valence electrons. The van der Waals surface area contributed by atoms with Crippen molar-refractivity contribution in [3.63, 3.8) is 0 Å². The van der Waals surface area contributed by atoms with Crippen molar-refractivity contribution in [2.45, 2.75) is 44.3 Å². The Morgan fingerprint density at radius 3 is 1.61 bits per heavy atom. The van der Waals surface area contributed by atoms with E-state index in [1.165, 1.54) is 0 Å². The molecule has 2 amide bonds. The summed E-state index contributed by atoms with van der Waals surface area (Å²) in [6.07, 6.45) is 2.58. The van der Waals surface area contributed by atoms with Crippen molar-refractivity contribution in [1.29, 1.82) is 0 Å². The summed E-state index contributed by atoms with van der Waals surface area (Å²) in [4.78, 5) is 24.3. The predicted molar refractivity (Wildman–Crippen MR) is 114 cm³/mol. The maximum atomic E-state index is 12.2. The Kier molecular flexibility index (Phi) is 6.39. The van der Waals surface area contributed by atoms with Crippen LogP contribution in [0.4, 0.5) is 11.4 Å². The molecule has 0 bridgehead atoms. The third kappa shape index (κ3) is 5.15. The van der Waals surface area contributed by atoms with Crippen LogP contribution in [0.15, 0.2) is 36.4 Å². The topological polar surface area (TPSA) is 117 Å². The average Bonchev–Trinajstić information content (AvgIpc) is 3.46. The molecule has 2 heterocycles. The summed E-state index contributed by atoms with van der Waals surface area (Å²) in [5, 5.41) is 26.0. The van der Waals surface area contributed by atoms with Gasteiger partial charge in [0.2, 0.25) is 0 Å². The number of ether oxygens (including phenoxy) is 2. The molecule has 8 heteroatoms. The molecular formula is C23H26N2O6. The van der Waals surface area contributed by atoms with Gasteiger partial charge in [0.25, 0.3) is 11.8 Å². The number of amides is 2. The lowest BCUT2D eigenvalue weighted by Gasteiger charge is -2.14. The van der Waals surface area contributed by atoms with Gasteiger partial charge in [-0.2, -0.15) is 0 Å². The van der Waals surface area contributed by atoms with E-state index in [1.807, 2.05) is 0 Å². The number of hydrogen-bond donors (Lipinski definition) is 4. The van der Waals surface area contributed by atoms with E-state index in [0.29, 0.717) is 43.9 Å². The molecule has 8 nitrogen and oxygen atoms in total. The van der Waals surface area contributed by atoms with Crippen LogP contribution in [0.5, 0.6) is 11.5 Å². The smallest absolute Gasteiger partial charge is 0.253 e. The zero-order valence-corrected chi connectivity index (χ0v) is 17.1. The first kappa shape index (κ1) is 21.1. The van der Waals surface area contributed by atoms with Crippen LogP contribution in [0.1, 0.15) is 36.8 Å². The largest absolute Gasteiger partial charge is 0.506 e. The van der Waals surface area contributed by atoms with Gasteiger partial charge in [0.15, 0.2) is 0 Å². The molecule has 2 aromatic rings. The lowest BCUT2D eigenvalue weighted by atomic mass is 10.0.